The second-order valence-electron chi connectivity index (χ2n) is 7.48. The second kappa shape index (κ2) is 13.0. The molecule has 0 aliphatic heterocycles. The Morgan fingerprint density at radius 1 is 1.06 bits per heavy atom. The molecule has 31 heavy (non-hydrogen) atoms. The smallest absolute Gasteiger partial charge is 0.243 e. The van der Waals surface area contributed by atoms with Crippen LogP contribution in [-0.4, -0.2) is 34.6 Å². The van der Waals surface area contributed by atoms with E-state index in [-0.39, 0.29) is 23.6 Å². The number of benzene rings is 2. The molecule has 7 heteroatoms. The number of amides is 2. The van der Waals surface area contributed by atoms with Gasteiger partial charge in [-0.1, -0.05) is 67.4 Å². The van der Waals surface area contributed by atoms with Crippen LogP contribution in [0.5, 0.6) is 0 Å². The Hall–Kier alpha value is -1.69. The molecular weight excluding hydrogens is 451 g/mol. The lowest BCUT2D eigenvalue weighted by atomic mass is 10.1. The van der Waals surface area contributed by atoms with Crippen molar-refractivity contribution < 1.29 is 9.59 Å². The summed E-state index contributed by atoms with van der Waals surface area (Å²) >= 11 is 13.9. The summed E-state index contributed by atoms with van der Waals surface area (Å²) in [4.78, 5) is 27.8. The molecule has 0 aliphatic carbocycles. The normalized spacial score (nSPS) is 12.8. The summed E-state index contributed by atoms with van der Waals surface area (Å²) in [5.74, 6) is 0.724. The minimum Gasteiger partial charge on any atom is -0.352 e. The highest BCUT2D eigenvalue weighted by Crippen LogP contribution is 2.22. The zero-order valence-corrected chi connectivity index (χ0v) is 20.6. The minimum absolute atomic E-state index is 0.0519. The molecule has 0 unspecified atom stereocenters. The van der Waals surface area contributed by atoms with Gasteiger partial charge in [0.25, 0.3) is 0 Å². The lowest BCUT2D eigenvalue weighted by Crippen LogP contribution is -2.51. The Morgan fingerprint density at radius 3 is 2.45 bits per heavy atom. The van der Waals surface area contributed by atoms with E-state index < -0.39 is 6.04 Å². The van der Waals surface area contributed by atoms with Crippen LogP contribution in [0.4, 0.5) is 0 Å². The van der Waals surface area contributed by atoms with Crippen molar-refractivity contribution >= 4 is 46.8 Å². The number of carbonyl (C=O) groups is 2. The van der Waals surface area contributed by atoms with Crippen molar-refractivity contribution in [3.63, 3.8) is 0 Å². The van der Waals surface area contributed by atoms with Crippen molar-refractivity contribution in [2.75, 3.05) is 5.75 Å². The highest BCUT2D eigenvalue weighted by atomic mass is 35.5. The fraction of sp³-hybridized carbons (Fsp3) is 0.417. The fourth-order valence-electron chi connectivity index (χ4n) is 3.14. The van der Waals surface area contributed by atoms with Crippen LogP contribution < -0.4 is 5.32 Å². The Labute approximate surface area is 199 Å². The molecule has 0 radical (unpaired) electrons. The summed E-state index contributed by atoms with van der Waals surface area (Å²) in [6, 6.07) is 14.5. The number of carbonyl (C=O) groups excluding carboxylic acids is 2. The first-order valence-electron chi connectivity index (χ1n) is 10.5. The van der Waals surface area contributed by atoms with E-state index in [2.05, 4.69) is 5.32 Å². The van der Waals surface area contributed by atoms with Crippen molar-refractivity contribution in [3.05, 3.63) is 69.7 Å². The minimum atomic E-state index is -0.551. The Balaban J connectivity index is 2.15. The van der Waals surface area contributed by atoms with Crippen LogP contribution in [-0.2, 0) is 21.9 Å². The Morgan fingerprint density at radius 2 is 1.81 bits per heavy atom. The van der Waals surface area contributed by atoms with E-state index in [9.17, 15) is 9.59 Å². The quantitative estimate of drug-likeness (QED) is 0.432. The standard InChI is InChI=1S/C24H30Cl2N2O2S/c1-4-17(3)27-24(30)22(5-2)28(14-19-10-6-7-12-21(19)26)23(29)16-31-15-18-9-8-11-20(25)13-18/h6-13,17,22H,4-5,14-16H2,1-3H3,(H,27,30)/t17-,22-/m1/s1. The van der Waals surface area contributed by atoms with E-state index in [1.165, 1.54) is 11.8 Å². The fourth-order valence-corrected chi connectivity index (χ4v) is 4.40. The van der Waals surface area contributed by atoms with E-state index in [0.717, 1.165) is 17.5 Å². The van der Waals surface area contributed by atoms with Gasteiger partial charge in [-0.15, -0.1) is 11.8 Å². The van der Waals surface area contributed by atoms with Gasteiger partial charge >= 0.3 is 0 Å². The lowest BCUT2D eigenvalue weighted by molar-refractivity contribution is -0.139. The molecule has 2 atom stereocenters. The van der Waals surface area contributed by atoms with Crippen LogP contribution in [0.2, 0.25) is 10.0 Å². The molecule has 4 nitrogen and oxygen atoms in total. The predicted octanol–water partition coefficient (Wildman–Crippen LogP) is 5.95. The van der Waals surface area contributed by atoms with Crippen LogP contribution in [0.1, 0.15) is 44.7 Å². The molecular formula is C24H30Cl2N2O2S. The lowest BCUT2D eigenvalue weighted by Gasteiger charge is -2.31. The van der Waals surface area contributed by atoms with Gasteiger partial charge < -0.3 is 10.2 Å². The first-order chi connectivity index (χ1) is 14.8. The van der Waals surface area contributed by atoms with Crippen molar-refractivity contribution in [3.8, 4) is 0 Å². The van der Waals surface area contributed by atoms with Crippen LogP contribution in [0, 0.1) is 0 Å². The highest BCUT2D eigenvalue weighted by molar-refractivity contribution is 7.99. The molecule has 0 saturated heterocycles. The monoisotopic (exact) mass is 480 g/mol. The number of thioether (sulfide) groups is 1. The van der Waals surface area contributed by atoms with E-state index >= 15 is 0 Å². The van der Waals surface area contributed by atoms with Gasteiger partial charge in [0.05, 0.1) is 5.75 Å². The molecule has 0 heterocycles. The molecule has 2 aromatic rings. The predicted molar refractivity (Wildman–Crippen MR) is 132 cm³/mol. The van der Waals surface area contributed by atoms with Crippen LogP contribution >= 0.6 is 35.0 Å². The van der Waals surface area contributed by atoms with Crippen molar-refractivity contribution in [2.24, 2.45) is 0 Å². The number of hydrogen-bond donors (Lipinski definition) is 1. The Bertz CT molecular complexity index is 878. The van der Waals surface area contributed by atoms with Crippen molar-refractivity contribution in [1.29, 1.82) is 0 Å². The third kappa shape index (κ3) is 8.06. The number of rotatable bonds is 11. The summed E-state index contributed by atoms with van der Waals surface area (Å²) in [5.41, 5.74) is 1.89. The topological polar surface area (TPSA) is 49.4 Å². The average Bonchev–Trinajstić information content (AvgIpc) is 2.74. The number of nitrogens with one attached hydrogen (secondary N) is 1. The van der Waals surface area contributed by atoms with E-state index in [0.29, 0.717) is 28.8 Å². The van der Waals surface area contributed by atoms with Crippen LogP contribution in [0.25, 0.3) is 0 Å². The van der Waals surface area contributed by atoms with E-state index in [1.807, 2.05) is 63.2 Å². The highest BCUT2D eigenvalue weighted by Gasteiger charge is 2.29. The summed E-state index contributed by atoms with van der Waals surface area (Å²) < 4.78 is 0. The van der Waals surface area contributed by atoms with Crippen molar-refractivity contribution in [2.45, 2.75) is 58.0 Å². The van der Waals surface area contributed by atoms with E-state index in [4.69, 9.17) is 23.2 Å². The maximum absolute atomic E-state index is 13.2. The number of nitrogens with zero attached hydrogens (tertiary/aromatic N) is 1. The van der Waals surface area contributed by atoms with Gasteiger partial charge in [0.15, 0.2) is 0 Å². The molecule has 2 amide bonds. The van der Waals surface area contributed by atoms with Gasteiger partial charge in [-0.25, -0.2) is 0 Å². The zero-order valence-electron chi connectivity index (χ0n) is 18.2. The second-order valence-corrected chi connectivity index (χ2v) is 9.31. The average molecular weight is 481 g/mol. The van der Waals surface area contributed by atoms with Gasteiger partial charge in [-0.3, -0.25) is 9.59 Å². The van der Waals surface area contributed by atoms with Crippen LogP contribution in [0.3, 0.4) is 0 Å². The van der Waals surface area contributed by atoms with Gasteiger partial charge in [-0.05, 0) is 49.1 Å². The molecule has 0 bridgehead atoms. The SMILES string of the molecule is CC[C@@H](C)NC(=O)[C@@H](CC)N(Cc1ccccc1Cl)C(=O)CSCc1cccc(Cl)c1. The van der Waals surface area contributed by atoms with Gasteiger partial charge in [0.1, 0.15) is 6.04 Å². The molecule has 0 fully saturated rings. The molecule has 2 aromatic carbocycles. The zero-order chi connectivity index (χ0) is 22.8. The van der Waals surface area contributed by atoms with Crippen LogP contribution in [0.15, 0.2) is 48.5 Å². The molecule has 1 N–H and O–H groups in total. The summed E-state index contributed by atoms with van der Waals surface area (Å²) in [7, 11) is 0. The maximum Gasteiger partial charge on any atom is 0.243 e. The molecule has 2 rings (SSSR count). The van der Waals surface area contributed by atoms with Gasteiger partial charge in [-0.2, -0.15) is 0 Å². The first kappa shape index (κ1) is 25.6. The maximum atomic E-state index is 13.2. The number of halogens is 2. The summed E-state index contributed by atoms with van der Waals surface area (Å²) in [6.07, 6.45) is 1.35. The largest absolute Gasteiger partial charge is 0.352 e. The third-order valence-corrected chi connectivity index (χ3v) is 6.66. The molecule has 0 aliphatic rings. The van der Waals surface area contributed by atoms with Gasteiger partial charge in [0.2, 0.25) is 11.8 Å². The van der Waals surface area contributed by atoms with Gasteiger partial charge in [0, 0.05) is 28.4 Å². The Kier molecular flexibility index (Phi) is 10.7. The summed E-state index contributed by atoms with van der Waals surface area (Å²) in [6.45, 7) is 6.20. The first-order valence-corrected chi connectivity index (χ1v) is 12.4. The molecule has 0 aromatic heterocycles. The van der Waals surface area contributed by atoms with Crippen molar-refractivity contribution in [1.82, 2.24) is 10.2 Å². The molecule has 0 saturated carbocycles. The molecule has 168 valence electrons. The summed E-state index contributed by atoms with van der Waals surface area (Å²) in [5, 5.41) is 4.28. The third-order valence-electron chi connectivity index (χ3n) is 5.07. The van der Waals surface area contributed by atoms with E-state index in [1.54, 1.807) is 11.0 Å². The molecule has 0 spiro atoms. The number of hydrogen-bond acceptors (Lipinski definition) is 3.